The van der Waals surface area contributed by atoms with Gasteiger partial charge in [-0.15, -0.1) is 0 Å². The fraction of sp³-hybridized carbons (Fsp3) is 0.529. The second-order valence-corrected chi connectivity index (χ2v) is 7.42. The molecule has 0 saturated carbocycles. The summed E-state index contributed by atoms with van der Waals surface area (Å²) in [7, 11) is 0. The fourth-order valence-corrected chi connectivity index (χ4v) is 4.30. The van der Waals surface area contributed by atoms with Crippen LogP contribution < -0.4 is 5.32 Å². The lowest BCUT2D eigenvalue weighted by atomic mass is 9.93. The van der Waals surface area contributed by atoms with Crippen molar-refractivity contribution >= 4 is 17.2 Å². The molecular weight excluding hydrogens is 326 g/mol. The van der Waals surface area contributed by atoms with Gasteiger partial charge in [0, 0.05) is 55.0 Å². The molecule has 24 heavy (non-hydrogen) atoms. The van der Waals surface area contributed by atoms with Crippen LogP contribution in [0.15, 0.2) is 27.4 Å². The predicted octanol–water partition coefficient (Wildman–Crippen LogP) is 1.92. The summed E-state index contributed by atoms with van der Waals surface area (Å²) in [6.45, 7) is 6.01. The van der Waals surface area contributed by atoms with Crippen LogP contribution in [0, 0.1) is 18.8 Å². The third-order valence-electron chi connectivity index (χ3n) is 4.89. The average molecular weight is 347 g/mol. The Bertz CT molecular complexity index is 700. The molecular formula is C17H21N3O3S. The van der Waals surface area contributed by atoms with Crippen molar-refractivity contribution in [1.82, 2.24) is 15.4 Å². The number of likely N-dealkylation sites (tertiary alicyclic amines) is 1. The molecule has 0 spiro atoms. The van der Waals surface area contributed by atoms with Gasteiger partial charge in [-0.25, -0.2) is 0 Å². The minimum absolute atomic E-state index is 0.00706. The summed E-state index contributed by atoms with van der Waals surface area (Å²) in [5.74, 6) is 1.70. The summed E-state index contributed by atoms with van der Waals surface area (Å²) < 4.78 is 11.1. The van der Waals surface area contributed by atoms with E-state index < -0.39 is 0 Å². The number of nitrogens with zero attached hydrogens (tertiary/aromatic N) is 2. The number of hydrogen-bond donors (Lipinski definition) is 1. The lowest BCUT2D eigenvalue weighted by Gasteiger charge is -2.19. The van der Waals surface area contributed by atoms with Crippen LogP contribution in [0.1, 0.15) is 21.8 Å². The Balaban J connectivity index is 1.30. The van der Waals surface area contributed by atoms with E-state index in [0.717, 1.165) is 43.3 Å². The van der Waals surface area contributed by atoms with Gasteiger partial charge in [-0.1, -0.05) is 5.16 Å². The molecule has 0 aliphatic carbocycles. The fourth-order valence-electron chi connectivity index (χ4n) is 3.66. The number of carbonyl (C=O) groups excluding carboxylic acids is 1. The SMILES string of the molecule is Cc1cc(CN2C[C@H]3[C@@H](CNC(=O)c4ccsc4)CO[C@H]3C2)no1. The van der Waals surface area contributed by atoms with Crippen molar-refractivity contribution in [2.24, 2.45) is 11.8 Å². The molecule has 0 radical (unpaired) electrons. The van der Waals surface area contributed by atoms with Gasteiger partial charge in [0.1, 0.15) is 5.76 Å². The number of amides is 1. The van der Waals surface area contributed by atoms with Crippen LogP contribution in [0.3, 0.4) is 0 Å². The van der Waals surface area contributed by atoms with Gasteiger partial charge < -0.3 is 14.6 Å². The van der Waals surface area contributed by atoms with Crippen molar-refractivity contribution in [1.29, 1.82) is 0 Å². The highest BCUT2D eigenvalue weighted by atomic mass is 32.1. The van der Waals surface area contributed by atoms with Crippen LogP contribution in [0.25, 0.3) is 0 Å². The summed E-state index contributed by atoms with van der Waals surface area (Å²) in [6, 6.07) is 3.83. The van der Waals surface area contributed by atoms with E-state index in [9.17, 15) is 4.79 Å². The smallest absolute Gasteiger partial charge is 0.252 e. The molecule has 3 atom stereocenters. The van der Waals surface area contributed by atoms with Crippen LogP contribution in [-0.2, 0) is 11.3 Å². The molecule has 4 heterocycles. The van der Waals surface area contributed by atoms with Crippen LogP contribution >= 0.6 is 11.3 Å². The summed E-state index contributed by atoms with van der Waals surface area (Å²) >= 11 is 1.54. The van der Waals surface area contributed by atoms with E-state index in [1.54, 1.807) is 0 Å². The number of fused-ring (bicyclic) bond motifs is 1. The maximum atomic E-state index is 12.1. The molecule has 6 nitrogen and oxygen atoms in total. The average Bonchev–Trinajstić information content (AvgIpc) is 3.30. The Kier molecular flexibility index (Phi) is 4.39. The van der Waals surface area contributed by atoms with E-state index in [4.69, 9.17) is 9.26 Å². The standard InChI is InChI=1S/C17H21N3O3S/c1-11-4-14(19-23-11)6-20-7-15-13(9-22-16(15)8-20)5-18-17(21)12-2-3-24-10-12/h2-4,10,13,15-16H,5-9H2,1H3,(H,18,21)/t13-,15-,16-/m0/s1. The van der Waals surface area contributed by atoms with Crippen molar-refractivity contribution < 1.29 is 14.1 Å². The number of hydrogen-bond acceptors (Lipinski definition) is 6. The van der Waals surface area contributed by atoms with E-state index >= 15 is 0 Å². The lowest BCUT2D eigenvalue weighted by molar-refractivity contribution is 0.0902. The van der Waals surface area contributed by atoms with Gasteiger partial charge in [-0.3, -0.25) is 9.69 Å². The summed E-state index contributed by atoms with van der Waals surface area (Å²) in [6.07, 6.45) is 0.265. The first-order chi connectivity index (χ1) is 11.7. The minimum Gasteiger partial charge on any atom is -0.376 e. The number of carbonyl (C=O) groups is 1. The van der Waals surface area contributed by atoms with Crippen molar-refractivity contribution in [2.45, 2.75) is 19.6 Å². The normalized spacial score (nSPS) is 26.6. The van der Waals surface area contributed by atoms with Gasteiger partial charge in [0.25, 0.3) is 5.91 Å². The third kappa shape index (κ3) is 3.24. The number of ether oxygens (including phenoxy) is 1. The monoisotopic (exact) mass is 347 g/mol. The molecule has 2 aliphatic rings. The molecule has 0 bridgehead atoms. The third-order valence-corrected chi connectivity index (χ3v) is 5.57. The van der Waals surface area contributed by atoms with E-state index in [2.05, 4.69) is 15.4 Å². The largest absolute Gasteiger partial charge is 0.376 e. The molecule has 1 N–H and O–H groups in total. The highest BCUT2D eigenvalue weighted by molar-refractivity contribution is 7.08. The van der Waals surface area contributed by atoms with Gasteiger partial charge in [0.2, 0.25) is 0 Å². The second-order valence-electron chi connectivity index (χ2n) is 6.64. The maximum absolute atomic E-state index is 12.1. The number of nitrogens with one attached hydrogen (secondary N) is 1. The van der Waals surface area contributed by atoms with E-state index in [1.165, 1.54) is 11.3 Å². The molecule has 4 rings (SSSR count). The number of rotatable bonds is 5. The molecule has 2 aromatic heterocycles. The zero-order valence-corrected chi connectivity index (χ0v) is 14.4. The van der Waals surface area contributed by atoms with Crippen molar-refractivity contribution in [3.63, 3.8) is 0 Å². The topological polar surface area (TPSA) is 67.6 Å². The minimum atomic E-state index is 0.00706. The molecule has 1 amide bonds. The zero-order chi connectivity index (χ0) is 16.5. The van der Waals surface area contributed by atoms with Crippen molar-refractivity contribution in [3.8, 4) is 0 Å². The quantitative estimate of drug-likeness (QED) is 0.895. The second kappa shape index (κ2) is 6.66. The number of thiophene rings is 1. The van der Waals surface area contributed by atoms with Crippen molar-refractivity contribution in [3.05, 3.63) is 39.9 Å². The van der Waals surface area contributed by atoms with Gasteiger partial charge in [-0.2, -0.15) is 11.3 Å². The Labute approximate surface area is 144 Å². The first-order valence-corrected chi connectivity index (χ1v) is 9.20. The Hall–Kier alpha value is -1.70. The molecule has 2 aromatic rings. The summed E-state index contributed by atoms with van der Waals surface area (Å²) in [4.78, 5) is 14.4. The van der Waals surface area contributed by atoms with Crippen LogP contribution in [-0.4, -0.2) is 48.3 Å². The summed E-state index contributed by atoms with van der Waals surface area (Å²) in [5.41, 5.74) is 1.71. The number of aromatic nitrogens is 1. The van der Waals surface area contributed by atoms with E-state index in [-0.39, 0.29) is 12.0 Å². The first-order valence-electron chi connectivity index (χ1n) is 8.25. The molecule has 2 aliphatic heterocycles. The first kappa shape index (κ1) is 15.8. The Morgan fingerprint density at radius 3 is 3.17 bits per heavy atom. The van der Waals surface area contributed by atoms with Crippen LogP contribution in [0.5, 0.6) is 0 Å². The molecule has 0 unspecified atom stereocenters. The van der Waals surface area contributed by atoms with Gasteiger partial charge in [-0.05, 0) is 18.4 Å². The molecule has 7 heteroatoms. The zero-order valence-electron chi connectivity index (χ0n) is 13.6. The molecule has 2 fully saturated rings. The van der Waals surface area contributed by atoms with Gasteiger partial charge in [0.15, 0.2) is 0 Å². The van der Waals surface area contributed by atoms with Gasteiger partial charge in [0.05, 0.1) is 18.4 Å². The van der Waals surface area contributed by atoms with Gasteiger partial charge >= 0.3 is 0 Å². The Morgan fingerprint density at radius 2 is 2.42 bits per heavy atom. The highest BCUT2D eigenvalue weighted by Crippen LogP contribution is 2.34. The molecule has 128 valence electrons. The summed E-state index contributed by atoms with van der Waals surface area (Å²) in [5, 5.41) is 10.9. The van der Waals surface area contributed by atoms with Crippen molar-refractivity contribution in [2.75, 3.05) is 26.2 Å². The Morgan fingerprint density at radius 1 is 1.50 bits per heavy atom. The number of aryl methyl sites for hydroxylation is 1. The maximum Gasteiger partial charge on any atom is 0.252 e. The lowest BCUT2D eigenvalue weighted by Crippen LogP contribution is -2.34. The molecule has 0 aromatic carbocycles. The van der Waals surface area contributed by atoms with Crippen LogP contribution in [0.2, 0.25) is 0 Å². The predicted molar refractivity (Wildman–Crippen MR) is 89.9 cm³/mol. The molecule has 2 saturated heterocycles. The highest BCUT2D eigenvalue weighted by Gasteiger charge is 2.43. The van der Waals surface area contributed by atoms with E-state index in [0.29, 0.717) is 18.4 Å². The van der Waals surface area contributed by atoms with E-state index in [1.807, 2.05) is 29.8 Å². The van der Waals surface area contributed by atoms with Crippen LogP contribution in [0.4, 0.5) is 0 Å².